The highest BCUT2D eigenvalue weighted by molar-refractivity contribution is 6.19. The van der Waals surface area contributed by atoms with Gasteiger partial charge < -0.3 is 9.40 Å². The molecule has 0 radical (unpaired) electrons. The summed E-state index contributed by atoms with van der Waals surface area (Å²) in [5.74, 6) is 0.344. The molecule has 2 aromatic carbocycles. The summed E-state index contributed by atoms with van der Waals surface area (Å²) in [6.07, 6.45) is 3.73. The van der Waals surface area contributed by atoms with Crippen molar-refractivity contribution in [1.29, 1.82) is 0 Å². The number of aromatic nitrogens is 2. The van der Waals surface area contributed by atoms with E-state index in [1.165, 1.54) is 6.92 Å². The van der Waals surface area contributed by atoms with Crippen LogP contribution in [0.3, 0.4) is 0 Å². The van der Waals surface area contributed by atoms with Gasteiger partial charge in [-0.2, -0.15) is 0 Å². The molecule has 0 spiro atoms. The van der Waals surface area contributed by atoms with Crippen LogP contribution in [0, 0.1) is 0 Å². The zero-order valence-electron chi connectivity index (χ0n) is 14.7. The second-order valence-corrected chi connectivity index (χ2v) is 6.01. The van der Waals surface area contributed by atoms with E-state index in [1.54, 1.807) is 6.20 Å². The quantitative estimate of drug-likeness (QED) is 0.311. The molecule has 0 saturated heterocycles. The Balaban J connectivity index is 1.96. The Labute approximate surface area is 156 Å². The lowest BCUT2D eigenvalue weighted by Crippen LogP contribution is -2.05. The van der Waals surface area contributed by atoms with E-state index in [0.29, 0.717) is 5.71 Å². The normalized spacial score (nSPS) is 11.5. The Bertz CT molecular complexity index is 1120. The molecule has 0 N–H and O–H groups in total. The van der Waals surface area contributed by atoms with Gasteiger partial charge in [-0.05, 0) is 18.2 Å². The van der Waals surface area contributed by atoms with Crippen molar-refractivity contribution in [1.82, 2.24) is 9.55 Å². The van der Waals surface area contributed by atoms with Gasteiger partial charge in [-0.3, -0.25) is 0 Å². The molecule has 0 unspecified atom stereocenters. The standard InChI is InChI=1S/C22H17N3O2/c1-16(26)27-24-22(17-9-3-2-4-10-17)19-15-25(21-13-7-8-14-23-21)20-12-6-5-11-18(19)20/h2-15H,1H3/b24-22+. The minimum Gasteiger partial charge on any atom is -0.318 e. The van der Waals surface area contributed by atoms with Crippen molar-refractivity contribution < 1.29 is 9.63 Å². The van der Waals surface area contributed by atoms with E-state index in [0.717, 1.165) is 27.8 Å². The topological polar surface area (TPSA) is 56.5 Å². The molecule has 0 atom stereocenters. The molecular weight excluding hydrogens is 338 g/mol. The van der Waals surface area contributed by atoms with E-state index >= 15 is 0 Å². The van der Waals surface area contributed by atoms with Crippen LogP contribution in [-0.2, 0) is 9.63 Å². The molecule has 0 amide bonds. The summed E-state index contributed by atoms with van der Waals surface area (Å²) in [5.41, 5.74) is 3.32. The van der Waals surface area contributed by atoms with E-state index in [2.05, 4.69) is 10.1 Å². The summed E-state index contributed by atoms with van der Waals surface area (Å²) >= 11 is 0. The number of carbonyl (C=O) groups is 1. The molecule has 0 aliphatic carbocycles. The molecule has 0 saturated carbocycles. The van der Waals surface area contributed by atoms with Gasteiger partial charge in [0.1, 0.15) is 11.5 Å². The van der Waals surface area contributed by atoms with Crippen molar-refractivity contribution >= 4 is 22.6 Å². The molecule has 4 rings (SSSR count). The van der Waals surface area contributed by atoms with Crippen LogP contribution in [0.2, 0.25) is 0 Å². The van der Waals surface area contributed by atoms with Gasteiger partial charge in [0.25, 0.3) is 0 Å². The summed E-state index contributed by atoms with van der Waals surface area (Å²) in [4.78, 5) is 20.8. The van der Waals surface area contributed by atoms with Crippen LogP contribution in [-0.4, -0.2) is 21.2 Å². The van der Waals surface area contributed by atoms with Gasteiger partial charge in [-0.15, -0.1) is 0 Å². The van der Waals surface area contributed by atoms with Crippen molar-refractivity contribution in [3.05, 3.63) is 96.3 Å². The number of oxime groups is 1. The van der Waals surface area contributed by atoms with E-state index < -0.39 is 5.97 Å². The van der Waals surface area contributed by atoms with E-state index in [-0.39, 0.29) is 0 Å². The molecule has 2 aromatic heterocycles. The summed E-state index contributed by atoms with van der Waals surface area (Å²) in [6.45, 7) is 1.34. The number of para-hydroxylation sites is 1. The lowest BCUT2D eigenvalue weighted by molar-refractivity contribution is -0.140. The third-order valence-electron chi connectivity index (χ3n) is 4.18. The molecule has 5 heteroatoms. The third kappa shape index (κ3) is 3.35. The summed E-state index contributed by atoms with van der Waals surface area (Å²) in [6, 6.07) is 23.5. The van der Waals surface area contributed by atoms with Crippen LogP contribution < -0.4 is 0 Å². The molecule has 5 nitrogen and oxygen atoms in total. The van der Waals surface area contributed by atoms with E-state index in [1.807, 2.05) is 83.6 Å². The number of pyridine rings is 1. The molecule has 4 aromatic rings. The van der Waals surface area contributed by atoms with Crippen molar-refractivity contribution in [2.45, 2.75) is 6.92 Å². The Hall–Kier alpha value is -3.73. The summed E-state index contributed by atoms with van der Waals surface area (Å²) in [7, 11) is 0. The number of benzene rings is 2. The highest BCUT2D eigenvalue weighted by Gasteiger charge is 2.17. The van der Waals surface area contributed by atoms with Gasteiger partial charge in [0.2, 0.25) is 0 Å². The van der Waals surface area contributed by atoms with Crippen molar-refractivity contribution in [3.63, 3.8) is 0 Å². The highest BCUT2D eigenvalue weighted by atomic mass is 16.7. The lowest BCUT2D eigenvalue weighted by atomic mass is 10.0. The fourth-order valence-electron chi connectivity index (χ4n) is 3.02. The molecule has 0 aliphatic rings. The number of rotatable bonds is 4. The average Bonchev–Trinajstić information content (AvgIpc) is 3.09. The fourth-order valence-corrected chi connectivity index (χ4v) is 3.02. The number of fused-ring (bicyclic) bond motifs is 1. The smallest absolute Gasteiger partial charge is 0.318 e. The third-order valence-corrected chi connectivity index (χ3v) is 4.18. The zero-order chi connectivity index (χ0) is 18.6. The summed E-state index contributed by atoms with van der Waals surface area (Å²) < 4.78 is 2.01. The predicted octanol–water partition coefficient (Wildman–Crippen LogP) is 4.34. The largest absolute Gasteiger partial charge is 0.332 e. The molecule has 27 heavy (non-hydrogen) atoms. The highest BCUT2D eigenvalue weighted by Crippen LogP contribution is 2.26. The van der Waals surface area contributed by atoms with Crippen LogP contribution in [0.5, 0.6) is 0 Å². The maximum atomic E-state index is 11.4. The van der Waals surface area contributed by atoms with Gasteiger partial charge in [0.05, 0.1) is 5.52 Å². The van der Waals surface area contributed by atoms with Crippen molar-refractivity contribution in [3.8, 4) is 5.82 Å². The van der Waals surface area contributed by atoms with Crippen molar-refractivity contribution in [2.75, 3.05) is 0 Å². The second-order valence-electron chi connectivity index (χ2n) is 6.01. The molecule has 132 valence electrons. The van der Waals surface area contributed by atoms with E-state index in [4.69, 9.17) is 4.84 Å². The number of hydrogen-bond acceptors (Lipinski definition) is 4. The maximum Gasteiger partial charge on any atom is 0.332 e. The van der Waals surface area contributed by atoms with Gasteiger partial charge in [0, 0.05) is 35.8 Å². The molecule has 0 aliphatic heterocycles. The van der Waals surface area contributed by atoms with Crippen LogP contribution >= 0.6 is 0 Å². The first-order valence-electron chi connectivity index (χ1n) is 8.57. The number of hydrogen-bond donors (Lipinski definition) is 0. The minimum absolute atomic E-state index is 0.461. The van der Waals surface area contributed by atoms with Crippen LogP contribution in [0.1, 0.15) is 18.1 Å². The molecule has 2 heterocycles. The van der Waals surface area contributed by atoms with Gasteiger partial charge in [-0.1, -0.05) is 59.8 Å². The van der Waals surface area contributed by atoms with Crippen LogP contribution in [0.4, 0.5) is 0 Å². The first-order chi connectivity index (χ1) is 13.2. The maximum absolute atomic E-state index is 11.4. The average molecular weight is 355 g/mol. The first-order valence-corrected chi connectivity index (χ1v) is 8.57. The van der Waals surface area contributed by atoms with Crippen molar-refractivity contribution in [2.24, 2.45) is 5.16 Å². The second kappa shape index (κ2) is 7.25. The first kappa shape index (κ1) is 16.7. The minimum atomic E-state index is -0.461. The molecule has 0 fully saturated rings. The van der Waals surface area contributed by atoms with Gasteiger partial charge in [0.15, 0.2) is 0 Å². The predicted molar refractivity (Wildman–Crippen MR) is 105 cm³/mol. The Morgan fingerprint density at radius 1 is 0.963 bits per heavy atom. The summed E-state index contributed by atoms with van der Waals surface area (Å²) in [5, 5.41) is 5.15. The van der Waals surface area contributed by atoms with Gasteiger partial charge in [-0.25, -0.2) is 9.78 Å². The Morgan fingerprint density at radius 3 is 2.44 bits per heavy atom. The Kier molecular flexibility index (Phi) is 4.49. The monoisotopic (exact) mass is 355 g/mol. The fraction of sp³-hybridized carbons (Fsp3) is 0.0455. The lowest BCUT2D eigenvalue weighted by Gasteiger charge is -2.05. The molecule has 0 bridgehead atoms. The van der Waals surface area contributed by atoms with Crippen LogP contribution in [0.25, 0.3) is 16.7 Å². The SMILES string of the molecule is CC(=O)O/N=C(\c1ccccc1)c1cn(-c2ccccn2)c2ccccc12. The number of carbonyl (C=O) groups excluding carboxylic acids is 1. The number of nitrogens with zero attached hydrogens (tertiary/aromatic N) is 3. The van der Waals surface area contributed by atoms with Crippen LogP contribution in [0.15, 0.2) is 90.3 Å². The van der Waals surface area contributed by atoms with Gasteiger partial charge >= 0.3 is 5.97 Å². The Morgan fingerprint density at radius 2 is 1.70 bits per heavy atom. The zero-order valence-corrected chi connectivity index (χ0v) is 14.7. The van der Waals surface area contributed by atoms with E-state index in [9.17, 15) is 4.79 Å². The molecular formula is C22H17N3O2.